The molecule has 1 heterocycles. The SMILES string of the molecule is Cc1cc(NC(=O)c2ccccc2Cl)sc1C(=O)Nc1cccc(NC(=O)OCC(C)C)c1. The number of hydrogen-bond acceptors (Lipinski definition) is 5. The van der Waals surface area contributed by atoms with Gasteiger partial charge in [0.05, 0.1) is 27.1 Å². The van der Waals surface area contributed by atoms with Crippen LogP contribution in [0.25, 0.3) is 0 Å². The van der Waals surface area contributed by atoms with Gasteiger partial charge in [0.15, 0.2) is 0 Å². The van der Waals surface area contributed by atoms with Crippen molar-refractivity contribution >= 4 is 57.2 Å². The number of nitrogens with one attached hydrogen (secondary N) is 3. The van der Waals surface area contributed by atoms with Crippen LogP contribution in [0.5, 0.6) is 0 Å². The summed E-state index contributed by atoms with van der Waals surface area (Å²) >= 11 is 7.25. The minimum Gasteiger partial charge on any atom is -0.449 e. The monoisotopic (exact) mass is 485 g/mol. The molecule has 0 aliphatic rings. The highest BCUT2D eigenvalue weighted by Gasteiger charge is 2.17. The van der Waals surface area contributed by atoms with Crippen molar-refractivity contribution in [2.75, 3.05) is 22.6 Å². The molecule has 0 aliphatic heterocycles. The summed E-state index contributed by atoms with van der Waals surface area (Å²) in [5.41, 5.74) is 2.08. The molecule has 2 aromatic carbocycles. The fraction of sp³-hybridized carbons (Fsp3) is 0.208. The molecule has 0 bridgehead atoms. The van der Waals surface area contributed by atoms with E-state index in [0.29, 0.717) is 38.4 Å². The summed E-state index contributed by atoms with van der Waals surface area (Å²) < 4.78 is 5.11. The summed E-state index contributed by atoms with van der Waals surface area (Å²) in [4.78, 5) is 37.6. The highest BCUT2D eigenvalue weighted by atomic mass is 35.5. The predicted octanol–water partition coefficient (Wildman–Crippen LogP) is 6.42. The number of ether oxygens (including phenoxy) is 1. The van der Waals surface area contributed by atoms with E-state index < -0.39 is 6.09 Å². The van der Waals surface area contributed by atoms with E-state index in [1.54, 1.807) is 61.5 Å². The van der Waals surface area contributed by atoms with Gasteiger partial charge in [0.25, 0.3) is 11.8 Å². The Balaban J connectivity index is 1.65. The molecule has 3 N–H and O–H groups in total. The second-order valence-electron chi connectivity index (χ2n) is 7.71. The standard InChI is InChI=1S/C24H24ClN3O4S/c1-14(2)13-32-24(31)27-17-8-6-7-16(12-17)26-23(30)21-15(3)11-20(33-21)28-22(29)18-9-4-5-10-19(18)25/h4-12,14H,13H2,1-3H3,(H,26,30)(H,27,31)(H,28,29). The summed E-state index contributed by atoms with van der Waals surface area (Å²) in [7, 11) is 0. The molecule has 3 amide bonds. The predicted molar refractivity (Wildman–Crippen MR) is 133 cm³/mol. The van der Waals surface area contributed by atoms with Crippen molar-refractivity contribution in [3.8, 4) is 0 Å². The number of aryl methyl sites for hydroxylation is 1. The average Bonchev–Trinajstić information content (AvgIpc) is 3.12. The number of carbonyl (C=O) groups is 3. The fourth-order valence-electron chi connectivity index (χ4n) is 2.85. The molecule has 7 nitrogen and oxygen atoms in total. The van der Waals surface area contributed by atoms with Crippen LogP contribution < -0.4 is 16.0 Å². The van der Waals surface area contributed by atoms with E-state index in [4.69, 9.17) is 16.3 Å². The summed E-state index contributed by atoms with van der Waals surface area (Å²) in [6.07, 6.45) is -0.555. The Bertz CT molecular complexity index is 1180. The van der Waals surface area contributed by atoms with Crippen molar-refractivity contribution in [2.24, 2.45) is 5.92 Å². The summed E-state index contributed by atoms with van der Waals surface area (Å²) in [5, 5.41) is 9.12. The first-order chi connectivity index (χ1) is 15.7. The lowest BCUT2D eigenvalue weighted by atomic mass is 10.2. The Kier molecular flexibility index (Phi) is 8.08. The van der Waals surface area contributed by atoms with Crippen LogP contribution in [0.1, 0.15) is 39.4 Å². The lowest BCUT2D eigenvalue weighted by Crippen LogP contribution is -2.17. The van der Waals surface area contributed by atoms with Gasteiger partial charge in [0.1, 0.15) is 0 Å². The van der Waals surface area contributed by atoms with Crippen LogP contribution >= 0.6 is 22.9 Å². The molecule has 0 unspecified atom stereocenters. The molecule has 0 saturated heterocycles. The maximum absolute atomic E-state index is 12.8. The van der Waals surface area contributed by atoms with Crippen LogP contribution in [0.15, 0.2) is 54.6 Å². The third kappa shape index (κ3) is 6.81. The molecule has 1 aromatic heterocycles. The Morgan fingerprint density at radius 1 is 0.939 bits per heavy atom. The molecule has 0 aliphatic carbocycles. The highest BCUT2D eigenvalue weighted by Crippen LogP contribution is 2.29. The fourth-order valence-corrected chi connectivity index (χ4v) is 4.04. The molecular formula is C24H24ClN3O4S. The maximum atomic E-state index is 12.8. The van der Waals surface area contributed by atoms with Crippen molar-refractivity contribution < 1.29 is 19.1 Å². The number of hydrogen-bond donors (Lipinski definition) is 3. The molecule has 0 saturated carbocycles. The van der Waals surface area contributed by atoms with Gasteiger partial charge < -0.3 is 15.4 Å². The molecular weight excluding hydrogens is 462 g/mol. The average molecular weight is 486 g/mol. The van der Waals surface area contributed by atoms with Crippen molar-refractivity contribution in [3.05, 3.63) is 75.6 Å². The van der Waals surface area contributed by atoms with Gasteiger partial charge in [-0.25, -0.2) is 4.79 Å². The Morgan fingerprint density at radius 2 is 1.64 bits per heavy atom. The summed E-state index contributed by atoms with van der Waals surface area (Å²) in [5.74, 6) is -0.443. The highest BCUT2D eigenvalue weighted by molar-refractivity contribution is 7.18. The zero-order valence-corrected chi connectivity index (χ0v) is 20.0. The molecule has 33 heavy (non-hydrogen) atoms. The van der Waals surface area contributed by atoms with Crippen molar-refractivity contribution in [1.82, 2.24) is 0 Å². The van der Waals surface area contributed by atoms with Crippen LogP contribution in [0.2, 0.25) is 5.02 Å². The molecule has 172 valence electrons. The van der Waals surface area contributed by atoms with Crippen molar-refractivity contribution in [3.63, 3.8) is 0 Å². The van der Waals surface area contributed by atoms with E-state index in [1.807, 2.05) is 13.8 Å². The number of halogens is 1. The van der Waals surface area contributed by atoms with E-state index in [-0.39, 0.29) is 17.7 Å². The minimum atomic E-state index is -0.555. The first-order valence-corrected chi connectivity index (χ1v) is 11.4. The first kappa shape index (κ1) is 24.3. The Labute approximate surface area is 201 Å². The van der Waals surface area contributed by atoms with Crippen LogP contribution in [0.3, 0.4) is 0 Å². The molecule has 3 rings (SSSR count). The normalized spacial score (nSPS) is 10.6. The third-order valence-electron chi connectivity index (χ3n) is 4.39. The topological polar surface area (TPSA) is 96.5 Å². The van der Waals surface area contributed by atoms with E-state index in [1.165, 1.54) is 0 Å². The van der Waals surface area contributed by atoms with E-state index >= 15 is 0 Å². The van der Waals surface area contributed by atoms with Gasteiger partial charge in [-0.15, -0.1) is 11.3 Å². The number of rotatable bonds is 7. The lowest BCUT2D eigenvalue weighted by Gasteiger charge is -2.10. The number of amides is 3. The van der Waals surface area contributed by atoms with Gasteiger partial charge in [0.2, 0.25) is 0 Å². The molecule has 0 radical (unpaired) electrons. The molecule has 0 fully saturated rings. The van der Waals surface area contributed by atoms with Crippen molar-refractivity contribution in [1.29, 1.82) is 0 Å². The van der Waals surface area contributed by atoms with Gasteiger partial charge in [-0.3, -0.25) is 14.9 Å². The number of thiophene rings is 1. The quantitative estimate of drug-likeness (QED) is 0.359. The van der Waals surface area contributed by atoms with Crippen LogP contribution in [0, 0.1) is 12.8 Å². The molecule has 0 spiro atoms. The Morgan fingerprint density at radius 3 is 2.33 bits per heavy atom. The minimum absolute atomic E-state index is 0.231. The molecule has 9 heteroatoms. The lowest BCUT2D eigenvalue weighted by molar-refractivity contribution is 0.102. The number of benzene rings is 2. The van der Waals surface area contributed by atoms with Gasteiger partial charge in [-0.1, -0.05) is 43.6 Å². The third-order valence-corrected chi connectivity index (χ3v) is 5.87. The molecule has 0 atom stereocenters. The second-order valence-corrected chi connectivity index (χ2v) is 9.17. The van der Waals surface area contributed by atoms with E-state index in [0.717, 1.165) is 16.9 Å². The summed E-state index contributed by atoms with van der Waals surface area (Å²) in [6, 6.07) is 15.2. The van der Waals surface area contributed by atoms with Gasteiger partial charge >= 0.3 is 6.09 Å². The largest absolute Gasteiger partial charge is 0.449 e. The van der Waals surface area contributed by atoms with E-state index in [9.17, 15) is 14.4 Å². The summed E-state index contributed by atoms with van der Waals surface area (Å²) in [6.45, 7) is 6.00. The van der Waals surface area contributed by atoms with E-state index in [2.05, 4.69) is 16.0 Å². The van der Waals surface area contributed by atoms with Crippen LogP contribution in [-0.2, 0) is 4.74 Å². The number of carbonyl (C=O) groups excluding carboxylic acids is 3. The smallest absolute Gasteiger partial charge is 0.411 e. The first-order valence-electron chi connectivity index (χ1n) is 10.2. The van der Waals surface area contributed by atoms with Gasteiger partial charge in [-0.2, -0.15) is 0 Å². The van der Waals surface area contributed by atoms with Gasteiger partial charge in [-0.05, 0) is 54.8 Å². The second kappa shape index (κ2) is 11.0. The zero-order valence-electron chi connectivity index (χ0n) is 18.4. The maximum Gasteiger partial charge on any atom is 0.411 e. The Hall–Kier alpha value is -3.36. The number of anilines is 3. The molecule has 3 aromatic rings. The van der Waals surface area contributed by atoms with Crippen molar-refractivity contribution in [2.45, 2.75) is 20.8 Å². The van der Waals surface area contributed by atoms with Gasteiger partial charge in [0, 0.05) is 11.4 Å². The zero-order chi connectivity index (χ0) is 24.0. The van der Waals surface area contributed by atoms with Crippen LogP contribution in [0.4, 0.5) is 21.2 Å². The van der Waals surface area contributed by atoms with Crippen LogP contribution in [-0.4, -0.2) is 24.5 Å².